The number of carboxylic acid groups (broad SMARTS) is 1. The minimum absolute atomic E-state index is 0.151. The number of nitrogens with zero attached hydrogens (tertiary/aromatic N) is 1. The lowest BCUT2D eigenvalue weighted by Gasteiger charge is -2.10. The van der Waals surface area contributed by atoms with Gasteiger partial charge in [0.25, 0.3) is 0 Å². The van der Waals surface area contributed by atoms with Crippen molar-refractivity contribution in [1.82, 2.24) is 4.98 Å². The zero-order valence-corrected chi connectivity index (χ0v) is 11.0. The first-order chi connectivity index (χ1) is 8.52. The van der Waals surface area contributed by atoms with E-state index >= 15 is 0 Å². The summed E-state index contributed by atoms with van der Waals surface area (Å²) in [7, 11) is 0. The Balaban J connectivity index is 2.64. The highest BCUT2D eigenvalue weighted by atomic mass is 16.5. The van der Waals surface area contributed by atoms with Crippen LogP contribution in [0.4, 0.5) is 0 Å². The van der Waals surface area contributed by atoms with Crippen molar-refractivity contribution in [2.24, 2.45) is 0 Å². The second-order valence-corrected chi connectivity index (χ2v) is 4.11. The molecule has 0 atom stereocenters. The van der Waals surface area contributed by atoms with E-state index in [1.54, 1.807) is 6.07 Å². The van der Waals surface area contributed by atoms with E-state index in [1.807, 2.05) is 20.8 Å². The maximum Gasteiger partial charge on any atom is 0.335 e. The van der Waals surface area contributed by atoms with E-state index in [2.05, 4.69) is 4.98 Å². The van der Waals surface area contributed by atoms with Gasteiger partial charge in [-0.25, -0.2) is 9.78 Å². The second kappa shape index (κ2) is 6.96. The molecule has 5 heteroatoms. The van der Waals surface area contributed by atoms with Crippen molar-refractivity contribution in [2.45, 2.75) is 33.3 Å². The average molecular weight is 253 g/mol. The van der Waals surface area contributed by atoms with E-state index in [4.69, 9.17) is 14.6 Å². The standard InChI is InChI=1S/C13H19NO4/c1-4-11-7-10(13(15)16)8-12(14-11)18-6-5-17-9(2)3/h7-9H,4-6H2,1-3H3,(H,15,16). The number of carboxylic acids is 1. The summed E-state index contributed by atoms with van der Waals surface area (Å²) in [5.41, 5.74) is 0.899. The average Bonchev–Trinajstić information content (AvgIpc) is 2.34. The van der Waals surface area contributed by atoms with Gasteiger partial charge in [-0.15, -0.1) is 0 Å². The lowest BCUT2D eigenvalue weighted by atomic mass is 10.2. The number of aromatic carboxylic acids is 1. The van der Waals surface area contributed by atoms with Crippen LogP contribution in [0.15, 0.2) is 12.1 Å². The molecule has 0 amide bonds. The zero-order chi connectivity index (χ0) is 13.5. The smallest absolute Gasteiger partial charge is 0.335 e. The first-order valence-electron chi connectivity index (χ1n) is 6.01. The summed E-state index contributed by atoms with van der Waals surface area (Å²) < 4.78 is 10.7. The third-order valence-corrected chi connectivity index (χ3v) is 2.25. The van der Waals surface area contributed by atoms with Gasteiger partial charge in [-0.2, -0.15) is 0 Å². The minimum Gasteiger partial charge on any atom is -0.478 e. The van der Waals surface area contributed by atoms with E-state index in [0.717, 1.165) is 0 Å². The largest absolute Gasteiger partial charge is 0.478 e. The van der Waals surface area contributed by atoms with Crippen LogP contribution in [0.1, 0.15) is 36.8 Å². The quantitative estimate of drug-likeness (QED) is 0.754. The summed E-state index contributed by atoms with van der Waals surface area (Å²) in [6, 6.07) is 2.98. The monoisotopic (exact) mass is 253 g/mol. The van der Waals surface area contributed by atoms with Crippen LogP contribution < -0.4 is 4.74 Å². The number of rotatable bonds is 7. The second-order valence-electron chi connectivity index (χ2n) is 4.11. The molecule has 18 heavy (non-hydrogen) atoms. The maximum atomic E-state index is 10.9. The normalized spacial score (nSPS) is 10.7. The van der Waals surface area contributed by atoms with Crippen molar-refractivity contribution in [2.75, 3.05) is 13.2 Å². The first-order valence-corrected chi connectivity index (χ1v) is 6.01. The van der Waals surface area contributed by atoms with Gasteiger partial charge in [0, 0.05) is 11.8 Å². The summed E-state index contributed by atoms with van der Waals surface area (Å²) in [5.74, 6) is -0.644. The van der Waals surface area contributed by atoms with Crippen molar-refractivity contribution in [3.8, 4) is 5.88 Å². The molecule has 0 aliphatic carbocycles. The van der Waals surface area contributed by atoms with Crippen LogP contribution in [0.25, 0.3) is 0 Å². The minimum atomic E-state index is -0.976. The van der Waals surface area contributed by atoms with Crippen LogP contribution in [0, 0.1) is 0 Å². The van der Waals surface area contributed by atoms with Crippen molar-refractivity contribution in [1.29, 1.82) is 0 Å². The molecule has 1 aromatic heterocycles. The molecular formula is C13H19NO4. The molecule has 5 nitrogen and oxygen atoms in total. The molecule has 1 rings (SSSR count). The molecule has 0 saturated heterocycles. The van der Waals surface area contributed by atoms with Gasteiger partial charge >= 0.3 is 5.97 Å². The Bertz CT molecular complexity index is 404. The molecule has 1 heterocycles. The molecule has 0 unspecified atom stereocenters. The number of hydrogen-bond acceptors (Lipinski definition) is 4. The fourth-order valence-corrected chi connectivity index (χ4v) is 1.37. The van der Waals surface area contributed by atoms with Crippen LogP contribution in [0.5, 0.6) is 5.88 Å². The van der Waals surface area contributed by atoms with Gasteiger partial charge in [0.2, 0.25) is 5.88 Å². The van der Waals surface area contributed by atoms with Crippen LogP contribution in [0.2, 0.25) is 0 Å². The molecule has 0 aliphatic heterocycles. The first kappa shape index (κ1) is 14.4. The Labute approximate surface area is 107 Å². The number of hydrogen-bond donors (Lipinski definition) is 1. The lowest BCUT2D eigenvalue weighted by molar-refractivity contribution is 0.0541. The molecule has 0 saturated carbocycles. The topological polar surface area (TPSA) is 68.7 Å². The summed E-state index contributed by atoms with van der Waals surface area (Å²) in [6.07, 6.45) is 0.818. The molecule has 0 radical (unpaired) electrons. The molecule has 0 aliphatic rings. The summed E-state index contributed by atoms with van der Waals surface area (Å²) in [6.45, 7) is 6.62. The molecule has 1 aromatic rings. The van der Waals surface area contributed by atoms with Crippen LogP contribution in [-0.2, 0) is 11.2 Å². The molecular weight excluding hydrogens is 234 g/mol. The van der Waals surface area contributed by atoms with Crippen molar-refractivity contribution in [3.05, 3.63) is 23.4 Å². The number of aromatic nitrogens is 1. The third kappa shape index (κ3) is 4.71. The van der Waals surface area contributed by atoms with Crippen LogP contribution >= 0.6 is 0 Å². The molecule has 1 N–H and O–H groups in total. The fraction of sp³-hybridized carbons (Fsp3) is 0.538. The van der Waals surface area contributed by atoms with Crippen LogP contribution in [0.3, 0.4) is 0 Å². The highest BCUT2D eigenvalue weighted by Crippen LogP contribution is 2.13. The van der Waals surface area contributed by atoms with E-state index < -0.39 is 5.97 Å². The molecule has 0 aromatic carbocycles. The summed E-state index contributed by atoms with van der Waals surface area (Å²) in [5, 5.41) is 8.97. The Morgan fingerprint density at radius 2 is 2.11 bits per heavy atom. The summed E-state index contributed by atoms with van der Waals surface area (Å²) >= 11 is 0. The van der Waals surface area contributed by atoms with Gasteiger partial charge in [0.15, 0.2) is 0 Å². The molecule has 0 bridgehead atoms. The van der Waals surface area contributed by atoms with Crippen LogP contribution in [-0.4, -0.2) is 35.4 Å². The Morgan fingerprint density at radius 1 is 1.39 bits per heavy atom. The maximum absolute atomic E-state index is 10.9. The lowest BCUT2D eigenvalue weighted by Crippen LogP contribution is -2.12. The SMILES string of the molecule is CCc1cc(C(=O)O)cc(OCCOC(C)C)n1. The van der Waals surface area contributed by atoms with Crippen molar-refractivity contribution >= 4 is 5.97 Å². The number of aryl methyl sites for hydroxylation is 1. The van der Waals surface area contributed by atoms with Gasteiger partial charge < -0.3 is 14.6 Å². The highest BCUT2D eigenvalue weighted by molar-refractivity contribution is 5.88. The van der Waals surface area contributed by atoms with E-state index in [-0.39, 0.29) is 11.7 Å². The summed E-state index contributed by atoms with van der Waals surface area (Å²) in [4.78, 5) is 15.1. The Morgan fingerprint density at radius 3 is 2.67 bits per heavy atom. The fourth-order valence-electron chi connectivity index (χ4n) is 1.37. The Hall–Kier alpha value is -1.62. The van der Waals surface area contributed by atoms with Gasteiger partial charge in [0.05, 0.1) is 18.3 Å². The van der Waals surface area contributed by atoms with Gasteiger partial charge in [-0.05, 0) is 26.3 Å². The van der Waals surface area contributed by atoms with Gasteiger partial charge in [0.1, 0.15) is 6.61 Å². The van der Waals surface area contributed by atoms with E-state index in [1.165, 1.54) is 6.07 Å². The predicted octanol–water partition coefficient (Wildman–Crippen LogP) is 2.15. The van der Waals surface area contributed by atoms with Gasteiger partial charge in [-0.1, -0.05) is 6.92 Å². The Kier molecular flexibility index (Phi) is 5.58. The molecule has 100 valence electrons. The highest BCUT2D eigenvalue weighted by Gasteiger charge is 2.08. The van der Waals surface area contributed by atoms with Crippen molar-refractivity contribution in [3.63, 3.8) is 0 Å². The number of carbonyl (C=O) groups is 1. The van der Waals surface area contributed by atoms with Gasteiger partial charge in [-0.3, -0.25) is 0 Å². The number of ether oxygens (including phenoxy) is 2. The number of pyridine rings is 1. The van der Waals surface area contributed by atoms with E-state index in [9.17, 15) is 4.79 Å². The molecule has 0 spiro atoms. The van der Waals surface area contributed by atoms with Crippen molar-refractivity contribution < 1.29 is 19.4 Å². The predicted molar refractivity (Wildman–Crippen MR) is 67.2 cm³/mol. The van der Waals surface area contributed by atoms with E-state index in [0.29, 0.717) is 31.2 Å². The zero-order valence-electron chi connectivity index (χ0n) is 11.0. The third-order valence-electron chi connectivity index (χ3n) is 2.25. The molecule has 0 fully saturated rings.